The van der Waals surface area contributed by atoms with E-state index >= 15 is 0 Å². The van der Waals surface area contributed by atoms with Crippen LogP contribution in [0.25, 0.3) is 0 Å². The van der Waals surface area contributed by atoms with Crippen LogP contribution in [0.5, 0.6) is 0 Å². The standard InChI is InChI=1S/C14H19N3O/c1-2-10-17-12(8-9-16-17)14(18)13(15)11-6-4-3-5-7-11/h3-9,13-14,18H,2,10,15H2,1H3. The van der Waals surface area contributed by atoms with E-state index in [0.717, 1.165) is 24.2 Å². The molecule has 2 atom stereocenters. The molecule has 2 rings (SSSR count). The maximum atomic E-state index is 10.4. The molecule has 0 aliphatic rings. The number of hydrogen-bond acceptors (Lipinski definition) is 3. The summed E-state index contributed by atoms with van der Waals surface area (Å²) in [7, 11) is 0. The SMILES string of the molecule is CCCn1nccc1C(O)C(N)c1ccccc1. The Kier molecular flexibility index (Phi) is 4.12. The van der Waals surface area contributed by atoms with Gasteiger partial charge >= 0.3 is 0 Å². The van der Waals surface area contributed by atoms with Crippen LogP contribution in [-0.2, 0) is 6.54 Å². The summed E-state index contributed by atoms with van der Waals surface area (Å²) in [4.78, 5) is 0. The highest BCUT2D eigenvalue weighted by atomic mass is 16.3. The molecule has 0 radical (unpaired) electrons. The predicted molar refractivity (Wildman–Crippen MR) is 70.8 cm³/mol. The first kappa shape index (κ1) is 12.8. The summed E-state index contributed by atoms with van der Waals surface area (Å²) < 4.78 is 1.81. The van der Waals surface area contributed by atoms with Gasteiger partial charge in [-0.1, -0.05) is 37.3 Å². The summed E-state index contributed by atoms with van der Waals surface area (Å²) in [5.41, 5.74) is 7.80. The van der Waals surface area contributed by atoms with Crippen LogP contribution in [0.2, 0.25) is 0 Å². The van der Waals surface area contributed by atoms with Crippen molar-refractivity contribution in [3.63, 3.8) is 0 Å². The van der Waals surface area contributed by atoms with Crippen LogP contribution in [0.4, 0.5) is 0 Å². The molecule has 0 saturated carbocycles. The van der Waals surface area contributed by atoms with Crippen molar-refractivity contribution in [2.24, 2.45) is 5.73 Å². The Morgan fingerprint density at radius 3 is 2.67 bits per heavy atom. The highest BCUT2D eigenvalue weighted by molar-refractivity contribution is 5.22. The van der Waals surface area contributed by atoms with Gasteiger partial charge in [-0.15, -0.1) is 0 Å². The maximum absolute atomic E-state index is 10.4. The van der Waals surface area contributed by atoms with Gasteiger partial charge in [-0.3, -0.25) is 4.68 Å². The number of nitrogens with two attached hydrogens (primary N) is 1. The van der Waals surface area contributed by atoms with Gasteiger partial charge < -0.3 is 10.8 Å². The molecule has 4 heteroatoms. The molecule has 0 fully saturated rings. The number of benzene rings is 1. The van der Waals surface area contributed by atoms with E-state index in [1.165, 1.54) is 0 Å². The van der Waals surface area contributed by atoms with E-state index in [2.05, 4.69) is 12.0 Å². The lowest BCUT2D eigenvalue weighted by Gasteiger charge is -2.20. The molecule has 3 N–H and O–H groups in total. The number of aromatic nitrogens is 2. The number of nitrogens with zero attached hydrogens (tertiary/aromatic N) is 2. The smallest absolute Gasteiger partial charge is 0.115 e. The van der Waals surface area contributed by atoms with E-state index in [-0.39, 0.29) is 0 Å². The van der Waals surface area contributed by atoms with Crippen LogP contribution in [0, 0.1) is 0 Å². The van der Waals surface area contributed by atoms with Crippen LogP contribution in [0.1, 0.15) is 36.7 Å². The first-order valence-electron chi connectivity index (χ1n) is 6.24. The van der Waals surface area contributed by atoms with E-state index in [4.69, 9.17) is 5.73 Å². The minimum absolute atomic E-state index is 0.432. The Hall–Kier alpha value is -1.65. The van der Waals surface area contributed by atoms with Crippen LogP contribution in [0.15, 0.2) is 42.6 Å². The number of rotatable bonds is 5. The zero-order valence-electron chi connectivity index (χ0n) is 10.5. The molecule has 0 aliphatic carbocycles. The second kappa shape index (κ2) is 5.80. The van der Waals surface area contributed by atoms with E-state index in [0.29, 0.717) is 0 Å². The summed E-state index contributed by atoms with van der Waals surface area (Å²) in [5.74, 6) is 0. The lowest BCUT2D eigenvalue weighted by Crippen LogP contribution is -2.22. The molecular formula is C14H19N3O. The van der Waals surface area contributed by atoms with Crippen molar-refractivity contribution in [3.8, 4) is 0 Å². The third kappa shape index (κ3) is 2.60. The monoisotopic (exact) mass is 245 g/mol. The van der Waals surface area contributed by atoms with Gasteiger partial charge in [-0.25, -0.2) is 0 Å². The Balaban J connectivity index is 2.20. The molecule has 2 unspecified atom stereocenters. The Bertz CT molecular complexity index is 481. The summed E-state index contributed by atoms with van der Waals surface area (Å²) in [6, 6.07) is 11.0. The summed E-state index contributed by atoms with van der Waals surface area (Å²) in [5, 5.41) is 14.6. The number of aliphatic hydroxyl groups excluding tert-OH is 1. The molecule has 0 amide bonds. The highest BCUT2D eigenvalue weighted by Crippen LogP contribution is 2.26. The van der Waals surface area contributed by atoms with Gasteiger partial charge in [0.05, 0.1) is 11.7 Å². The lowest BCUT2D eigenvalue weighted by atomic mass is 10.0. The highest BCUT2D eigenvalue weighted by Gasteiger charge is 2.21. The average Bonchev–Trinajstić information content (AvgIpc) is 2.87. The van der Waals surface area contributed by atoms with Crippen molar-refractivity contribution in [1.29, 1.82) is 0 Å². The molecule has 1 aromatic heterocycles. The molecule has 96 valence electrons. The van der Waals surface area contributed by atoms with E-state index in [1.807, 2.05) is 41.1 Å². The zero-order valence-corrected chi connectivity index (χ0v) is 10.5. The second-order valence-electron chi connectivity index (χ2n) is 4.36. The molecule has 1 aromatic carbocycles. The Morgan fingerprint density at radius 2 is 2.00 bits per heavy atom. The predicted octanol–water partition coefficient (Wildman–Crippen LogP) is 2.03. The first-order valence-corrected chi connectivity index (χ1v) is 6.24. The minimum atomic E-state index is -0.735. The van der Waals surface area contributed by atoms with Gasteiger partial charge in [0.1, 0.15) is 6.10 Å². The third-order valence-corrected chi connectivity index (χ3v) is 3.01. The number of aryl methyl sites for hydroxylation is 1. The fourth-order valence-corrected chi connectivity index (χ4v) is 2.03. The largest absolute Gasteiger partial charge is 0.385 e. The van der Waals surface area contributed by atoms with Gasteiger partial charge in [-0.2, -0.15) is 5.10 Å². The molecule has 18 heavy (non-hydrogen) atoms. The third-order valence-electron chi connectivity index (χ3n) is 3.01. The quantitative estimate of drug-likeness (QED) is 0.847. The normalized spacial score (nSPS) is 14.4. The number of hydrogen-bond donors (Lipinski definition) is 2. The summed E-state index contributed by atoms with van der Waals surface area (Å²) in [6.07, 6.45) is 1.94. The fourth-order valence-electron chi connectivity index (χ4n) is 2.03. The van der Waals surface area contributed by atoms with Crippen molar-refractivity contribution in [3.05, 3.63) is 53.9 Å². The van der Waals surface area contributed by atoms with Gasteiger partial charge in [0.15, 0.2) is 0 Å². The molecule has 0 spiro atoms. The minimum Gasteiger partial charge on any atom is -0.385 e. The van der Waals surface area contributed by atoms with Crippen molar-refractivity contribution in [2.75, 3.05) is 0 Å². The van der Waals surface area contributed by atoms with Crippen LogP contribution in [-0.4, -0.2) is 14.9 Å². The topological polar surface area (TPSA) is 64.1 Å². The second-order valence-corrected chi connectivity index (χ2v) is 4.36. The summed E-state index contributed by atoms with van der Waals surface area (Å²) in [6.45, 7) is 2.87. The molecular weight excluding hydrogens is 226 g/mol. The van der Waals surface area contributed by atoms with Gasteiger partial charge in [0.25, 0.3) is 0 Å². The van der Waals surface area contributed by atoms with Crippen LogP contribution < -0.4 is 5.73 Å². The van der Waals surface area contributed by atoms with E-state index < -0.39 is 12.1 Å². The lowest BCUT2D eigenvalue weighted by molar-refractivity contribution is 0.136. The van der Waals surface area contributed by atoms with Crippen LogP contribution in [0.3, 0.4) is 0 Å². The summed E-state index contributed by atoms with van der Waals surface area (Å²) >= 11 is 0. The molecule has 0 saturated heterocycles. The molecule has 4 nitrogen and oxygen atoms in total. The van der Waals surface area contributed by atoms with Crippen molar-refractivity contribution in [2.45, 2.75) is 32.0 Å². The van der Waals surface area contributed by atoms with Gasteiger partial charge in [0, 0.05) is 12.7 Å². The average molecular weight is 245 g/mol. The van der Waals surface area contributed by atoms with Crippen molar-refractivity contribution >= 4 is 0 Å². The van der Waals surface area contributed by atoms with E-state index in [9.17, 15) is 5.11 Å². The first-order chi connectivity index (χ1) is 8.74. The molecule has 2 aromatic rings. The van der Waals surface area contributed by atoms with Crippen molar-refractivity contribution < 1.29 is 5.11 Å². The Morgan fingerprint density at radius 1 is 1.28 bits per heavy atom. The maximum Gasteiger partial charge on any atom is 0.115 e. The zero-order chi connectivity index (χ0) is 13.0. The van der Waals surface area contributed by atoms with Crippen molar-refractivity contribution in [1.82, 2.24) is 9.78 Å². The van der Waals surface area contributed by atoms with E-state index in [1.54, 1.807) is 6.20 Å². The fraction of sp³-hybridized carbons (Fsp3) is 0.357. The molecule has 0 aliphatic heterocycles. The molecule has 0 bridgehead atoms. The molecule has 1 heterocycles. The van der Waals surface area contributed by atoms with Gasteiger partial charge in [0.2, 0.25) is 0 Å². The van der Waals surface area contributed by atoms with Gasteiger partial charge in [-0.05, 0) is 18.1 Å². The Labute approximate surface area is 107 Å². The number of aliphatic hydroxyl groups is 1. The van der Waals surface area contributed by atoms with Crippen LogP contribution >= 0.6 is 0 Å².